The molecule has 116 valence electrons. The van der Waals surface area contributed by atoms with E-state index in [1.54, 1.807) is 7.05 Å². The number of amides is 1. The third-order valence-corrected chi connectivity index (χ3v) is 3.47. The van der Waals surface area contributed by atoms with Gasteiger partial charge in [0.25, 0.3) is 0 Å². The summed E-state index contributed by atoms with van der Waals surface area (Å²) in [7, 11) is 1.63. The standard InChI is InChI=1S/C17H26N2O2/c1-12(2)10-15(18)16(20)9-8-13-4-6-14(7-5-13)11-17(21)19-3/h4-7,12,15H,8-11,18H2,1-3H3,(H,19,21). The van der Waals surface area contributed by atoms with Crippen LogP contribution in [0.3, 0.4) is 0 Å². The van der Waals surface area contributed by atoms with Crippen LogP contribution >= 0.6 is 0 Å². The van der Waals surface area contributed by atoms with Gasteiger partial charge in [-0.1, -0.05) is 38.1 Å². The lowest BCUT2D eigenvalue weighted by Gasteiger charge is -2.12. The van der Waals surface area contributed by atoms with Crippen molar-refractivity contribution < 1.29 is 9.59 Å². The second-order valence-electron chi connectivity index (χ2n) is 5.87. The highest BCUT2D eigenvalue weighted by atomic mass is 16.1. The molecule has 1 aromatic rings. The zero-order valence-corrected chi connectivity index (χ0v) is 13.2. The number of Topliss-reactive ketones (excluding diaryl/α,β-unsaturated/α-hetero) is 1. The third kappa shape index (κ3) is 6.54. The molecule has 0 radical (unpaired) electrons. The summed E-state index contributed by atoms with van der Waals surface area (Å²) in [6.45, 7) is 4.14. The van der Waals surface area contributed by atoms with Gasteiger partial charge in [0.05, 0.1) is 12.5 Å². The van der Waals surface area contributed by atoms with Gasteiger partial charge in [0.15, 0.2) is 0 Å². The highest BCUT2D eigenvalue weighted by molar-refractivity contribution is 5.84. The van der Waals surface area contributed by atoms with E-state index in [1.165, 1.54) is 0 Å². The van der Waals surface area contributed by atoms with E-state index in [1.807, 2.05) is 24.3 Å². The predicted molar refractivity (Wildman–Crippen MR) is 85.0 cm³/mol. The molecular weight excluding hydrogens is 264 g/mol. The van der Waals surface area contributed by atoms with Gasteiger partial charge in [0.1, 0.15) is 5.78 Å². The van der Waals surface area contributed by atoms with Crippen LogP contribution in [0.25, 0.3) is 0 Å². The molecular formula is C17H26N2O2. The highest BCUT2D eigenvalue weighted by Gasteiger charge is 2.14. The number of aryl methyl sites for hydroxylation is 1. The van der Waals surface area contributed by atoms with E-state index in [4.69, 9.17) is 5.73 Å². The van der Waals surface area contributed by atoms with Crippen LogP contribution in [-0.2, 0) is 22.4 Å². The minimum atomic E-state index is -0.350. The van der Waals surface area contributed by atoms with Crippen LogP contribution in [0.5, 0.6) is 0 Å². The average molecular weight is 290 g/mol. The first-order valence-corrected chi connectivity index (χ1v) is 7.49. The van der Waals surface area contributed by atoms with Gasteiger partial charge in [-0.25, -0.2) is 0 Å². The monoisotopic (exact) mass is 290 g/mol. The second-order valence-corrected chi connectivity index (χ2v) is 5.87. The maximum Gasteiger partial charge on any atom is 0.224 e. The Morgan fingerprint density at radius 3 is 2.24 bits per heavy atom. The molecule has 0 aliphatic rings. The Morgan fingerprint density at radius 2 is 1.71 bits per heavy atom. The number of ketones is 1. The normalized spacial score (nSPS) is 12.2. The van der Waals surface area contributed by atoms with Crippen LogP contribution in [-0.4, -0.2) is 24.8 Å². The molecule has 0 aliphatic carbocycles. The van der Waals surface area contributed by atoms with E-state index >= 15 is 0 Å². The van der Waals surface area contributed by atoms with Gasteiger partial charge in [-0.15, -0.1) is 0 Å². The van der Waals surface area contributed by atoms with Crippen molar-refractivity contribution in [3.05, 3.63) is 35.4 Å². The summed E-state index contributed by atoms with van der Waals surface area (Å²) in [4.78, 5) is 23.2. The Kier molecular flexibility index (Phi) is 7.09. The number of carbonyl (C=O) groups excluding carboxylic acids is 2. The molecule has 0 spiro atoms. The van der Waals surface area contributed by atoms with Gasteiger partial charge in [0.2, 0.25) is 5.91 Å². The summed E-state index contributed by atoms with van der Waals surface area (Å²) < 4.78 is 0. The van der Waals surface area contributed by atoms with Crippen molar-refractivity contribution in [2.75, 3.05) is 7.05 Å². The van der Waals surface area contributed by atoms with Crippen LogP contribution < -0.4 is 11.1 Å². The molecule has 0 heterocycles. The molecule has 4 nitrogen and oxygen atoms in total. The van der Waals surface area contributed by atoms with Crippen molar-refractivity contribution in [3.8, 4) is 0 Å². The van der Waals surface area contributed by atoms with E-state index in [-0.39, 0.29) is 17.7 Å². The number of hydrogen-bond donors (Lipinski definition) is 2. The topological polar surface area (TPSA) is 72.2 Å². The number of carbonyl (C=O) groups is 2. The van der Waals surface area contributed by atoms with Gasteiger partial charge in [0, 0.05) is 13.5 Å². The summed E-state index contributed by atoms with van der Waals surface area (Å²) >= 11 is 0. The average Bonchev–Trinajstić information content (AvgIpc) is 2.45. The maximum absolute atomic E-state index is 11.9. The van der Waals surface area contributed by atoms with Crippen molar-refractivity contribution in [2.45, 2.75) is 45.6 Å². The minimum absolute atomic E-state index is 0.00223. The smallest absolute Gasteiger partial charge is 0.224 e. The van der Waals surface area contributed by atoms with Crippen LogP contribution in [0.15, 0.2) is 24.3 Å². The number of likely N-dealkylation sites (N-methyl/N-ethyl adjacent to an activating group) is 1. The number of nitrogens with two attached hydrogens (primary N) is 1. The molecule has 0 aromatic heterocycles. The fraction of sp³-hybridized carbons (Fsp3) is 0.529. The summed E-state index contributed by atoms with van der Waals surface area (Å²) in [5, 5.41) is 2.60. The van der Waals surface area contributed by atoms with Gasteiger partial charge < -0.3 is 11.1 Å². The van der Waals surface area contributed by atoms with Crippen LogP contribution in [0, 0.1) is 5.92 Å². The zero-order chi connectivity index (χ0) is 15.8. The van der Waals surface area contributed by atoms with Crippen molar-refractivity contribution >= 4 is 11.7 Å². The molecule has 1 atom stereocenters. The summed E-state index contributed by atoms with van der Waals surface area (Å²) in [6, 6.07) is 7.46. The number of benzene rings is 1. The summed E-state index contributed by atoms with van der Waals surface area (Å²) in [6.07, 6.45) is 2.30. The molecule has 0 fully saturated rings. The molecule has 3 N–H and O–H groups in total. The fourth-order valence-electron chi connectivity index (χ4n) is 2.19. The van der Waals surface area contributed by atoms with Crippen molar-refractivity contribution in [2.24, 2.45) is 11.7 Å². The van der Waals surface area contributed by atoms with Crippen LogP contribution in [0.2, 0.25) is 0 Å². The van der Waals surface area contributed by atoms with Gasteiger partial charge in [-0.3, -0.25) is 9.59 Å². The largest absolute Gasteiger partial charge is 0.359 e. The lowest BCUT2D eigenvalue weighted by Crippen LogP contribution is -2.32. The molecule has 1 amide bonds. The molecule has 4 heteroatoms. The Balaban J connectivity index is 2.45. The second kappa shape index (κ2) is 8.57. The molecule has 0 saturated carbocycles. The van der Waals surface area contributed by atoms with E-state index in [0.29, 0.717) is 25.2 Å². The van der Waals surface area contributed by atoms with E-state index in [9.17, 15) is 9.59 Å². The van der Waals surface area contributed by atoms with E-state index in [0.717, 1.165) is 17.5 Å². The number of nitrogens with one attached hydrogen (secondary N) is 1. The Morgan fingerprint density at radius 1 is 1.14 bits per heavy atom. The summed E-state index contributed by atoms with van der Waals surface area (Å²) in [5.41, 5.74) is 7.95. The fourth-order valence-corrected chi connectivity index (χ4v) is 2.19. The minimum Gasteiger partial charge on any atom is -0.359 e. The Labute approximate surface area is 127 Å². The molecule has 0 saturated heterocycles. The van der Waals surface area contributed by atoms with Gasteiger partial charge in [-0.05, 0) is 29.9 Å². The number of rotatable bonds is 8. The molecule has 1 aromatic carbocycles. The van der Waals surface area contributed by atoms with Crippen molar-refractivity contribution in [1.29, 1.82) is 0 Å². The molecule has 0 bridgehead atoms. The van der Waals surface area contributed by atoms with Crippen LogP contribution in [0.4, 0.5) is 0 Å². The lowest BCUT2D eigenvalue weighted by molar-refractivity contribution is -0.121. The number of hydrogen-bond acceptors (Lipinski definition) is 3. The van der Waals surface area contributed by atoms with Gasteiger partial charge >= 0.3 is 0 Å². The molecule has 1 unspecified atom stereocenters. The van der Waals surface area contributed by atoms with Crippen LogP contribution in [0.1, 0.15) is 37.8 Å². The highest BCUT2D eigenvalue weighted by Crippen LogP contribution is 2.10. The molecule has 21 heavy (non-hydrogen) atoms. The first-order valence-electron chi connectivity index (χ1n) is 7.49. The van der Waals surface area contributed by atoms with E-state index in [2.05, 4.69) is 19.2 Å². The van der Waals surface area contributed by atoms with E-state index < -0.39 is 0 Å². The Bertz CT molecular complexity index is 466. The molecule has 1 rings (SSSR count). The quantitative estimate of drug-likeness (QED) is 0.767. The lowest BCUT2D eigenvalue weighted by atomic mass is 9.97. The Hall–Kier alpha value is -1.68. The predicted octanol–water partition coefficient (Wildman–Crippen LogP) is 1.85. The zero-order valence-electron chi connectivity index (χ0n) is 13.2. The SMILES string of the molecule is CNC(=O)Cc1ccc(CCC(=O)C(N)CC(C)C)cc1. The maximum atomic E-state index is 11.9. The first kappa shape index (κ1) is 17.4. The third-order valence-electron chi connectivity index (χ3n) is 3.47. The van der Waals surface area contributed by atoms with Gasteiger partial charge in [-0.2, -0.15) is 0 Å². The first-order chi connectivity index (χ1) is 9.92. The summed E-state index contributed by atoms with van der Waals surface area (Å²) in [5.74, 6) is 0.559. The van der Waals surface area contributed by atoms with Crippen molar-refractivity contribution in [1.82, 2.24) is 5.32 Å². The van der Waals surface area contributed by atoms with Crippen molar-refractivity contribution in [3.63, 3.8) is 0 Å². The molecule has 0 aliphatic heterocycles.